The molecule has 2 heterocycles. The highest BCUT2D eigenvalue weighted by atomic mass is 35.5. The van der Waals surface area contributed by atoms with Gasteiger partial charge in [0.1, 0.15) is 5.15 Å². The number of carbonyl (C=O) groups is 1. The molecule has 1 aromatic heterocycles. The number of nitrogens with zero attached hydrogens (tertiary/aromatic N) is 3. The minimum atomic E-state index is -0.0160. The molecule has 1 aromatic rings. The van der Waals surface area contributed by atoms with Gasteiger partial charge in [0, 0.05) is 20.1 Å². The van der Waals surface area contributed by atoms with Crippen LogP contribution in [0.5, 0.6) is 0 Å². The first-order valence-corrected chi connectivity index (χ1v) is 7.05. The number of likely N-dealkylation sites (tertiary alicyclic amines) is 1. The van der Waals surface area contributed by atoms with Gasteiger partial charge in [-0.25, -0.2) is 0 Å². The molecule has 0 spiro atoms. The zero-order valence-corrected chi connectivity index (χ0v) is 12.4. The maximum absolute atomic E-state index is 12.6. The average Bonchev–Trinajstić information content (AvgIpc) is 2.95. The van der Waals surface area contributed by atoms with Crippen LogP contribution in [-0.4, -0.2) is 40.2 Å². The Bertz CT molecular complexity index is 483. The predicted molar refractivity (Wildman–Crippen MR) is 75.4 cm³/mol. The summed E-state index contributed by atoms with van der Waals surface area (Å²) < 4.78 is 1.57. The molecule has 5 nitrogen and oxygen atoms in total. The van der Waals surface area contributed by atoms with E-state index >= 15 is 0 Å². The molecule has 0 bridgehead atoms. The quantitative estimate of drug-likeness (QED) is 0.917. The zero-order valence-electron chi connectivity index (χ0n) is 11.7. The monoisotopic (exact) mass is 284 g/mol. The number of amides is 1. The third-order valence-corrected chi connectivity index (χ3v) is 4.11. The summed E-state index contributed by atoms with van der Waals surface area (Å²) in [6, 6.07) is 0. The molecule has 1 fully saturated rings. The number of nitrogens with two attached hydrogens (primary N) is 1. The Morgan fingerprint density at radius 1 is 1.58 bits per heavy atom. The Balaban J connectivity index is 2.29. The second-order valence-electron chi connectivity index (χ2n) is 5.47. The maximum atomic E-state index is 12.6. The number of aromatic nitrogens is 2. The van der Waals surface area contributed by atoms with Crippen LogP contribution in [0.15, 0.2) is 0 Å². The van der Waals surface area contributed by atoms with E-state index in [1.165, 1.54) is 0 Å². The minimum absolute atomic E-state index is 0.0160. The third kappa shape index (κ3) is 2.62. The lowest BCUT2D eigenvalue weighted by Gasteiger charge is -2.17. The topological polar surface area (TPSA) is 64.2 Å². The number of hydrogen-bond donors (Lipinski definition) is 1. The summed E-state index contributed by atoms with van der Waals surface area (Å²) in [6.07, 6.45) is 0.969. The summed E-state index contributed by atoms with van der Waals surface area (Å²) in [5, 5.41) is 4.78. The molecule has 0 unspecified atom stereocenters. The van der Waals surface area contributed by atoms with Crippen LogP contribution in [0.25, 0.3) is 0 Å². The Morgan fingerprint density at radius 2 is 2.26 bits per heavy atom. The highest BCUT2D eigenvalue weighted by molar-refractivity contribution is 6.33. The predicted octanol–water partition coefficient (Wildman–Crippen LogP) is 1.62. The van der Waals surface area contributed by atoms with Gasteiger partial charge < -0.3 is 10.6 Å². The second kappa shape index (κ2) is 5.51. The van der Waals surface area contributed by atoms with Gasteiger partial charge in [-0.1, -0.05) is 25.4 Å². The van der Waals surface area contributed by atoms with Crippen molar-refractivity contribution in [2.45, 2.75) is 26.2 Å². The molecule has 6 heteroatoms. The molecule has 1 aliphatic heterocycles. The van der Waals surface area contributed by atoms with E-state index in [0.717, 1.165) is 25.2 Å². The van der Waals surface area contributed by atoms with Crippen molar-refractivity contribution in [1.29, 1.82) is 0 Å². The van der Waals surface area contributed by atoms with Gasteiger partial charge in [0.25, 0.3) is 5.91 Å². The van der Waals surface area contributed by atoms with Crippen molar-refractivity contribution in [3.8, 4) is 0 Å². The van der Waals surface area contributed by atoms with Crippen molar-refractivity contribution in [3.63, 3.8) is 0 Å². The summed E-state index contributed by atoms with van der Waals surface area (Å²) in [7, 11) is 1.76. The molecule has 1 aliphatic rings. The first-order valence-electron chi connectivity index (χ1n) is 6.67. The minimum Gasteiger partial charge on any atom is -0.338 e. The van der Waals surface area contributed by atoms with Crippen LogP contribution < -0.4 is 5.73 Å². The number of rotatable bonds is 3. The molecule has 0 aromatic carbocycles. The van der Waals surface area contributed by atoms with Crippen molar-refractivity contribution in [1.82, 2.24) is 14.7 Å². The maximum Gasteiger partial charge on any atom is 0.258 e. The molecule has 0 aliphatic carbocycles. The summed E-state index contributed by atoms with van der Waals surface area (Å²) in [6.45, 7) is 6.13. The van der Waals surface area contributed by atoms with Gasteiger partial charge in [0.05, 0.1) is 11.3 Å². The van der Waals surface area contributed by atoms with E-state index in [0.29, 0.717) is 23.2 Å². The van der Waals surface area contributed by atoms with Gasteiger partial charge in [0.2, 0.25) is 0 Å². The Labute approximate surface area is 118 Å². The second-order valence-corrected chi connectivity index (χ2v) is 5.83. The third-order valence-electron chi connectivity index (χ3n) is 3.67. The molecule has 0 radical (unpaired) electrons. The highest BCUT2D eigenvalue weighted by Crippen LogP contribution is 2.28. The molecule has 19 heavy (non-hydrogen) atoms. The number of aryl methyl sites for hydroxylation is 1. The van der Waals surface area contributed by atoms with Crippen LogP contribution in [0.2, 0.25) is 5.15 Å². The van der Waals surface area contributed by atoms with E-state index in [1.807, 2.05) is 18.7 Å². The van der Waals surface area contributed by atoms with Crippen molar-refractivity contribution in [2.24, 2.45) is 18.7 Å². The summed E-state index contributed by atoms with van der Waals surface area (Å²) >= 11 is 6.23. The van der Waals surface area contributed by atoms with Gasteiger partial charge in [-0.15, -0.1) is 0 Å². The lowest BCUT2D eigenvalue weighted by Crippen LogP contribution is -2.30. The van der Waals surface area contributed by atoms with Crippen LogP contribution in [0.4, 0.5) is 0 Å². The fraction of sp³-hybridized carbons (Fsp3) is 0.692. The normalized spacial score (nSPS) is 19.5. The molecule has 2 rings (SSSR count). The van der Waals surface area contributed by atoms with Crippen molar-refractivity contribution >= 4 is 17.5 Å². The van der Waals surface area contributed by atoms with Gasteiger partial charge in [-0.05, 0) is 24.8 Å². The summed E-state index contributed by atoms with van der Waals surface area (Å²) in [5.74, 6) is 0.560. The van der Waals surface area contributed by atoms with E-state index in [1.54, 1.807) is 11.7 Å². The van der Waals surface area contributed by atoms with E-state index in [9.17, 15) is 4.79 Å². The number of carbonyl (C=O) groups excluding carboxylic acids is 1. The molecule has 0 saturated carbocycles. The molecular weight excluding hydrogens is 264 g/mol. The Morgan fingerprint density at radius 3 is 2.79 bits per heavy atom. The van der Waals surface area contributed by atoms with Crippen LogP contribution in [0.3, 0.4) is 0 Å². The van der Waals surface area contributed by atoms with Crippen LogP contribution in [-0.2, 0) is 7.05 Å². The summed E-state index contributed by atoms with van der Waals surface area (Å²) in [4.78, 5) is 14.5. The molecule has 1 atom stereocenters. The smallest absolute Gasteiger partial charge is 0.258 e. The standard InChI is InChI=1S/C13H21ClN4O/c1-8(2)11-10(12(14)17(3)16-11)13(19)18-5-4-9(6-15)7-18/h8-9H,4-7,15H2,1-3H3/t9-/m0/s1. The fourth-order valence-electron chi connectivity index (χ4n) is 2.49. The van der Waals surface area contributed by atoms with Gasteiger partial charge in [-0.2, -0.15) is 5.10 Å². The van der Waals surface area contributed by atoms with Crippen LogP contribution in [0, 0.1) is 5.92 Å². The van der Waals surface area contributed by atoms with Crippen molar-refractivity contribution in [2.75, 3.05) is 19.6 Å². The van der Waals surface area contributed by atoms with Gasteiger partial charge in [-0.3, -0.25) is 9.48 Å². The lowest BCUT2D eigenvalue weighted by atomic mass is 10.1. The first kappa shape index (κ1) is 14.3. The van der Waals surface area contributed by atoms with Crippen molar-refractivity contribution < 1.29 is 4.79 Å². The largest absolute Gasteiger partial charge is 0.338 e. The van der Waals surface area contributed by atoms with E-state index in [2.05, 4.69) is 5.10 Å². The molecular formula is C13H21ClN4O. The lowest BCUT2D eigenvalue weighted by molar-refractivity contribution is 0.0786. The zero-order chi connectivity index (χ0) is 14.2. The Hall–Kier alpha value is -1.07. The van der Waals surface area contributed by atoms with Gasteiger partial charge in [0.15, 0.2) is 0 Å². The van der Waals surface area contributed by atoms with Crippen LogP contribution in [0.1, 0.15) is 42.2 Å². The van der Waals surface area contributed by atoms with Crippen molar-refractivity contribution in [3.05, 3.63) is 16.4 Å². The number of halogens is 1. The van der Waals surface area contributed by atoms with Crippen LogP contribution >= 0.6 is 11.6 Å². The van der Waals surface area contributed by atoms with E-state index < -0.39 is 0 Å². The fourth-order valence-corrected chi connectivity index (χ4v) is 2.71. The molecule has 2 N–H and O–H groups in total. The highest BCUT2D eigenvalue weighted by Gasteiger charge is 2.31. The van der Waals surface area contributed by atoms with E-state index in [4.69, 9.17) is 17.3 Å². The molecule has 1 saturated heterocycles. The average molecular weight is 285 g/mol. The summed E-state index contributed by atoms with van der Waals surface area (Å²) in [5.41, 5.74) is 6.99. The number of hydrogen-bond acceptors (Lipinski definition) is 3. The first-order chi connectivity index (χ1) is 8.95. The molecule has 1 amide bonds. The van der Waals surface area contributed by atoms with E-state index in [-0.39, 0.29) is 11.8 Å². The Kier molecular flexibility index (Phi) is 4.16. The SMILES string of the molecule is CC(C)c1nn(C)c(Cl)c1C(=O)N1CC[C@@H](CN)C1. The van der Waals surface area contributed by atoms with Gasteiger partial charge >= 0.3 is 0 Å². The molecule has 106 valence electrons.